The molecule has 1 N–H and O–H groups in total. The van der Waals surface area contributed by atoms with Gasteiger partial charge in [-0.25, -0.2) is 0 Å². The van der Waals surface area contributed by atoms with Crippen molar-refractivity contribution in [1.82, 2.24) is 10.2 Å². The maximum atomic E-state index is 13.5. The van der Waals surface area contributed by atoms with Crippen LogP contribution >= 0.6 is 0 Å². The van der Waals surface area contributed by atoms with Crippen LogP contribution in [0.4, 0.5) is 14.5 Å². The monoisotopic (exact) mass is 485 g/mol. The van der Waals surface area contributed by atoms with E-state index in [0.29, 0.717) is 37.5 Å². The zero-order chi connectivity index (χ0) is 24.3. The molecule has 3 heterocycles. The fourth-order valence-electron chi connectivity index (χ4n) is 5.41. The summed E-state index contributed by atoms with van der Waals surface area (Å²) in [5, 5.41) is 3.14. The first kappa shape index (κ1) is 23.9. The Bertz CT molecular complexity index is 1000. The van der Waals surface area contributed by atoms with Crippen molar-refractivity contribution in [3.05, 3.63) is 54.1 Å². The molecule has 2 aromatic rings. The second-order valence-electron chi connectivity index (χ2n) is 9.82. The van der Waals surface area contributed by atoms with Crippen molar-refractivity contribution in [2.24, 2.45) is 11.8 Å². The molecule has 3 aliphatic rings. The molecule has 188 valence electrons. The molecule has 0 spiro atoms. The lowest BCUT2D eigenvalue weighted by Gasteiger charge is -2.34. The normalized spacial score (nSPS) is 20.7. The van der Waals surface area contributed by atoms with E-state index in [0.717, 1.165) is 32.6 Å². The molecule has 0 radical (unpaired) electrons. The number of likely N-dealkylation sites (tertiary alicyclic amines) is 1. The van der Waals surface area contributed by atoms with Gasteiger partial charge in [0, 0.05) is 32.1 Å². The molecule has 0 aliphatic carbocycles. The van der Waals surface area contributed by atoms with Crippen LogP contribution in [-0.2, 0) is 11.3 Å². The summed E-state index contributed by atoms with van der Waals surface area (Å²) in [7, 11) is 0. The molecule has 2 saturated heterocycles. The van der Waals surface area contributed by atoms with Crippen LogP contribution < -0.4 is 19.7 Å². The Morgan fingerprint density at radius 1 is 0.943 bits per heavy atom. The Labute approximate surface area is 205 Å². The fourth-order valence-corrected chi connectivity index (χ4v) is 5.41. The van der Waals surface area contributed by atoms with Crippen molar-refractivity contribution in [3.63, 3.8) is 0 Å². The second-order valence-corrected chi connectivity index (χ2v) is 9.82. The summed E-state index contributed by atoms with van der Waals surface area (Å²) >= 11 is 0. The highest BCUT2D eigenvalue weighted by molar-refractivity contribution is 5.79. The fraction of sp³-hybridized carbons (Fsp3) is 0.519. The molecule has 8 heteroatoms. The van der Waals surface area contributed by atoms with E-state index in [1.54, 1.807) is 12.1 Å². The van der Waals surface area contributed by atoms with Crippen LogP contribution in [0, 0.1) is 11.8 Å². The van der Waals surface area contributed by atoms with Gasteiger partial charge in [-0.05, 0) is 68.8 Å². The number of amides is 1. The Kier molecular flexibility index (Phi) is 7.09. The summed E-state index contributed by atoms with van der Waals surface area (Å²) < 4.78 is 36.3. The molecule has 6 nitrogen and oxygen atoms in total. The van der Waals surface area contributed by atoms with Crippen molar-refractivity contribution in [3.8, 4) is 11.5 Å². The maximum Gasteiger partial charge on any atom is 0.586 e. The number of hydrogen-bond donors (Lipinski definition) is 1. The minimum atomic E-state index is -3.63. The van der Waals surface area contributed by atoms with Crippen molar-refractivity contribution in [2.75, 3.05) is 37.6 Å². The summed E-state index contributed by atoms with van der Waals surface area (Å²) in [6.07, 6.45) is 1.11. The van der Waals surface area contributed by atoms with Crippen LogP contribution in [0.1, 0.15) is 37.7 Å². The maximum absolute atomic E-state index is 13.5. The number of piperidine rings is 2. The van der Waals surface area contributed by atoms with Gasteiger partial charge in [0.15, 0.2) is 11.5 Å². The second kappa shape index (κ2) is 10.4. The molecule has 2 fully saturated rings. The first-order valence-corrected chi connectivity index (χ1v) is 12.6. The first-order valence-electron chi connectivity index (χ1n) is 12.6. The van der Waals surface area contributed by atoms with Gasteiger partial charge in [-0.15, -0.1) is 8.78 Å². The zero-order valence-electron chi connectivity index (χ0n) is 19.9. The van der Waals surface area contributed by atoms with Crippen LogP contribution in [-0.4, -0.2) is 49.8 Å². The molecule has 2 aromatic carbocycles. The number of alkyl halides is 2. The molecule has 0 bridgehead atoms. The Morgan fingerprint density at radius 3 is 2.43 bits per heavy atom. The van der Waals surface area contributed by atoms with E-state index in [4.69, 9.17) is 4.74 Å². The number of halogens is 2. The lowest BCUT2D eigenvalue weighted by molar-refractivity contribution is -0.286. The van der Waals surface area contributed by atoms with E-state index in [-0.39, 0.29) is 23.3 Å². The van der Waals surface area contributed by atoms with Crippen LogP contribution in [0.5, 0.6) is 11.5 Å². The third-order valence-corrected chi connectivity index (χ3v) is 7.42. The number of ether oxygens (including phenoxy) is 2. The van der Waals surface area contributed by atoms with Crippen molar-refractivity contribution in [2.45, 2.75) is 44.9 Å². The van der Waals surface area contributed by atoms with Crippen LogP contribution in [0.2, 0.25) is 0 Å². The van der Waals surface area contributed by atoms with Crippen LogP contribution in [0.15, 0.2) is 48.5 Å². The molecule has 1 amide bonds. The van der Waals surface area contributed by atoms with E-state index >= 15 is 0 Å². The number of carbonyl (C=O) groups excluding carboxylic acids is 1. The predicted molar refractivity (Wildman–Crippen MR) is 130 cm³/mol. The molecular formula is C27H33F2N3O3. The smallest absolute Gasteiger partial charge is 0.395 e. The lowest BCUT2D eigenvalue weighted by Crippen LogP contribution is -2.41. The van der Waals surface area contributed by atoms with Gasteiger partial charge in [-0.1, -0.05) is 36.4 Å². The summed E-state index contributed by atoms with van der Waals surface area (Å²) in [5.41, 5.74) is 1.96. The van der Waals surface area contributed by atoms with E-state index in [2.05, 4.69) is 45.3 Å². The van der Waals surface area contributed by atoms with Crippen molar-refractivity contribution >= 4 is 11.6 Å². The van der Waals surface area contributed by atoms with Gasteiger partial charge in [0.1, 0.15) is 0 Å². The van der Waals surface area contributed by atoms with Gasteiger partial charge in [0.05, 0.1) is 5.69 Å². The number of para-hydroxylation sites is 1. The molecule has 35 heavy (non-hydrogen) atoms. The van der Waals surface area contributed by atoms with E-state index in [1.165, 1.54) is 24.5 Å². The highest BCUT2D eigenvalue weighted by Crippen LogP contribution is 2.47. The third-order valence-electron chi connectivity index (χ3n) is 7.42. The van der Waals surface area contributed by atoms with E-state index in [9.17, 15) is 13.6 Å². The third kappa shape index (κ3) is 5.86. The average molecular weight is 486 g/mol. The molecule has 5 rings (SSSR count). The molecule has 0 saturated carbocycles. The van der Waals surface area contributed by atoms with Crippen molar-refractivity contribution < 1.29 is 23.0 Å². The number of nitrogens with one attached hydrogen (secondary N) is 1. The molecule has 0 atom stereocenters. The van der Waals surface area contributed by atoms with Gasteiger partial charge >= 0.3 is 6.29 Å². The number of rotatable bonds is 7. The Morgan fingerprint density at radius 2 is 1.69 bits per heavy atom. The number of hydrogen-bond acceptors (Lipinski definition) is 5. The standard InChI is InChI=1S/C27H33F2N3O3/c28-27(29)34-24-8-4-7-23(25(24)35-27)32-17-12-22(13-18-32)26(33)30-14-9-20-10-15-31(16-11-20)19-21-5-2-1-3-6-21/h1-8,20,22H,9-19H2,(H,30,33). The summed E-state index contributed by atoms with van der Waals surface area (Å²) in [4.78, 5) is 17.2. The largest absolute Gasteiger partial charge is 0.586 e. The molecule has 3 aliphatic heterocycles. The molecular weight excluding hydrogens is 452 g/mol. The average Bonchev–Trinajstić information content (AvgIpc) is 3.19. The van der Waals surface area contributed by atoms with E-state index < -0.39 is 6.29 Å². The van der Waals surface area contributed by atoms with Gasteiger partial charge in [-0.3, -0.25) is 9.69 Å². The number of fused-ring (bicyclic) bond motifs is 1. The van der Waals surface area contributed by atoms with Crippen molar-refractivity contribution in [1.29, 1.82) is 0 Å². The minimum absolute atomic E-state index is 0.0469. The number of anilines is 1. The summed E-state index contributed by atoms with van der Waals surface area (Å²) in [5.74, 6) is 0.850. The number of benzene rings is 2. The predicted octanol–water partition coefficient (Wildman–Crippen LogP) is 4.64. The number of carbonyl (C=O) groups is 1. The van der Waals surface area contributed by atoms with Crippen LogP contribution in [0.25, 0.3) is 0 Å². The topological polar surface area (TPSA) is 54.0 Å². The summed E-state index contributed by atoms with van der Waals surface area (Å²) in [6, 6.07) is 15.5. The SMILES string of the molecule is O=C(NCCC1CCN(Cc2ccccc2)CC1)C1CCN(c2cccc3c2OC(F)(F)O3)CC1. The molecule has 0 aromatic heterocycles. The molecule has 0 unspecified atom stereocenters. The highest BCUT2D eigenvalue weighted by Gasteiger charge is 2.45. The van der Waals surface area contributed by atoms with Crippen LogP contribution in [0.3, 0.4) is 0 Å². The van der Waals surface area contributed by atoms with Gasteiger partial charge in [0.25, 0.3) is 0 Å². The Hall–Kier alpha value is -2.87. The van der Waals surface area contributed by atoms with Gasteiger partial charge < -0.3 is 19.7 Å². The summed E-state index contributed by atoms with van der Waals surface area (Å²) in [6.45, 7) is 5.17. The van der Waals surface area contributed by atoms with Gasteiger partial charge in [0.2, 0.25) is 5.91 Å². The van der Waals surface area contributed by atoms with E-state index in [1.807, 2.05) is 4.90 Å². The quantitative estimate of drug-likeness (QED) is 0.619. The minimum Gasteiger partial charge on any atom is -0.395 e. The Balaban J connectivity index is 1.01. The number of nitrogens with zero attached hydrogens (tertiary/aromatic N) is 2. The highest BCUT2D eigenvalue weighted by atomic mass is 19.3. The zero-order valence-corrected chi connectivity index (χ0v) is 19.9. The van der Waals surface area contributed by atoms with Gasteiger partial charge in [-0.2, -0.15) is 0 Å². The lowest BCUT2D eigenvalue weighted by atomic mass is 9.92. The first-order chi connectivity index (χ1) is 17.0.